The zero-order valence-electron chi connectivity index (χ0n) is 28.2. The van der Waals surface area contributed by atoms with Crippen LogP contribution >= 0.6 is 11.3 Å². The van der Waals surface area contributed by atoms with Gasteiger partial charge in [-0.15, -0.1) is 0 Å². The summed E-state index contributed by atoms with van der Waals surface area (Å²) in [6.07, 6.45) is -0.974. The zero-order chi connectivity index (χ0) is 35.7. The summed E-state index contributed by atoms with van der Waals surface area (Å²) in [7, 11) is 3.17. The molecule has 0 aliphatic carbocycles. The Morgan fingerprint density at radius 1 is 1.06 bits per heavy atom. The lowest BCUT2D eigenvalue weighted by Crippen LogP contribution is -2.66. The number of hydrogen-bond donors (Lipinski definition) is 2. The van der Waals surface area contributed by atoms with Gasteiger partial charge >= 0.3 is 12.1 Å². The molecule has 0 saturated carbocycles. The maximum absolute atomic E-state index is 14.4. The summed E-state index contributed by atoms with van der Waals surface area (Å²) in [6.45, 7) is 4.12. The van der Waals surface area contributed by atoms with Crippen LogP contribution in [0.3, 0.4) is 0 Å². The minimum Gasteiger partial charge on any atom is -0.410 e. The van der Waals surface area contributed by atoms with E-state index in [2.05, 4.69) is 10.3 Å². The van der Waals surface area contributed by atoms with Gasteiger partial charge in [-0.2, -0.15) is 5.01 Å². The molecule has 3 aromatic carbocycles. The summed E-state index contributed by atoms with van der Waals surface area (Å²) in [6, 6.07) is 16.8. The number of amides is 5. The Hall–Kier alpha value is -5.28. The van der Waals surface area contributed by atoms with Crippen molar-refractivity contribution in [2.45, 2.75) is 51.6 Å². The molecular formula is C35H39FN8O5S. The number of halogens is 1. The lowest BCUT2D eigenvalue weighted by atomic mass is 9.99. The van der Waals surface area contributed by atoms with Crippen LogP contribution in [0.2, 0.25) is 0 Å². The van der Waals surface area contributed by atoms with Crippen molar-refractivity contribution in [2.75, 3.05) is 32.9 Å². The van der Waals surface area contributed by atoms with Gasteiger partial charge in [0, 0.05) is 39.6 Å². The molecule has 6 rings (SSSR count). The van der Waals surface area contributed by atoms with Crippen LogP contribution < -0.4 is 15.8 Å². The van der Waals surface area contributed by atoms with Gasteiger partial charge in [-0.25, -0.2) is 19.0 Å². The maximum Gasteiger partial charge on any atom is 0.414 e. The molecule has 2 fully saturated rings. The third kappa shape index (κ3) is 7.19. The van der Waals surface area contributed by atoms with E-state index >= 15 is 0 Å². The number of nitrogens with one attached hydrogen (secondary N) is 1. The summed E-state index contributed by atoms with van der Waals surface area (Å²) >= 11 is 1.37. The molecular weight excluding hydrogens is 664 g/mol. The van der Waals surface area contributed by atoms with E-state index in [9.17, 15) is 23.6 Å². The highest BCUT2D eigenvalue weighted by Crippen LogP contribution is 2.33. The van der Waals surface area contributed by atoms with Crippen molar-refractivity contribution in [1.82, 2.24) is 35.0 Å². The van der Waals surface area contributed by atoms with Gasteiger partial charge < -0.3 is 30.5 Å². The number of carbonyl (C=O) groups excluding carboxylic acids is 4. The van der Waals surface area contributed by atoms with Crippen LogP contribution in [0.4, 0.5) is 19.1 Å². The van der Waals surface area contributed by atoms with Crippen molar-refractivity contribution < 1.29 is 28.3 Å². The molecule has 5 amide bonds. The van der Waals surface area contributed by atoms with E-state index in [1.807, 2.05) is 32.0 Å². The largest absolute Gasteiger partial charge is 0.414 e. The number of nitrogens with two attached hydrogens (primary N) is 1. The zero-order valence-corrected chi connectivity index (χ0v) is 29.0. The number of thiazole rings is 1. The van der Waals surface area contributed by atoms with Gasteiger partial charge in [-0.05, 0) is 60.9 Å². The minimum atomic E-state index is -0.877. The summed E-state index contributed by atoms with van der Waals surface area (Å²) in [5.41, 5.74) is 9.04. The third-order valence-corrected chi connectivity index (χ3v) is 9.55. The van der Waals surface area contributed by atoms with E-state index in [4.69, 9.17) is 10.5 Å². The smallest absolute Gasteiger partial charge is 0.410 e. The Labute approximate surface area is 292 Å². The summed E-state index contributed by atoms with van der Waals surface area (Å²) < 4.78 is 19.7. The number of carbonyl (C=O) groups is 4. The first-order valence-electron chi connectivity index (χ1n) is 16.2. The number of fused-ring (bicyclic) bond motifs is 2. The van der Waals surface area contributed by atoms with Crippen molar-refractivity contribution in [3.63, 3.8) is 0 Å². The highest BCUT2D eigenvalue weighted by Gasteiger charge is 2.52. The number of hydrazine groups is 1. The molecule has 2 saturated heterocycles. The quantitative estimate of drug-likeness (QED) is 0.266. The van der Waals surface area contributed by atoms with Gasteiger partial charge in [0.05, 0.1) is 23.3 Å². The number of anilines is 1. The number of rotatable bonds is 9. The maximum atomic E-state index is 14.4. The van der Waals surface area contributed by atoms with Crippen molar-refractivity contribution >= 4 is 50.6 Å². The van der Waals surface area contributed by atoms with Crippen LogP contribution in [-0.4, -0.2) is 99.1 Å². The summed E-state index contributed by atoms with van der Waals surface area (Å²) in [5.74, 6) is -0.545. The number of para-hydroxylation sites is 1. The summed E-state index contributed by atoms with van der Waals surface area (Å²) in [5, 5.41) is 6.57. The van der Waals surface area contributed by atoms with E-state index in [1.165, 1.54) is 33.4 Å². The topological polar surface area (TPSA) is 145 Å². The second-order valence-corrected chi connectivity index (χ2v) is 13.8. The Kier molecular flexibility index (Phi) is 9.88. The van der Waals surface area contributed by atoms with Gasteiger partial charge in [0.15, 0.2) is 5.13 Å². The van der Waals surface area contributed by atoms with Crippen LogP contribution in [0.1, 0.15) is 30.5 Å². The number of piperazine rings is 1. The van der Waals surface area contributed by atoms with Crippen LogP contribution in [0.25, 0.3) is 10.2 Å². The molecule has 0 bridgehead atoms. The molecule has 50 heavy (non-hydrogen) atoms. The molecule has 0 unspecified atom stereocenters. The van der Waals surface area contributed by atoms with E-state index in [1.54, 1.807) is 65.3 Å². The number of nitrogen functional groups attached to an aromatic ring is 1. The summed E-state index contributed by atoms with van der Waals surface area (Å²) in [4.78, 5) is 63.1. The number of nitrogens with zero attached hydrogens (tertiary/aromatic N) is 6. The highest BCUT2D eigenvalue weighted by molar-refractivity contribution is 7.22. The number of benzene rings is 3. The number of hydrogen-bond acceptors (Lipinski definition) is 9. The number of aromatic nitrogens is 1. The molecule has 15 heteroatoms. The predicted molar refractivity (Wildman–Crippen MR) is 186 cm³/mol. The van der Waals surface area contributed by atoms with Crippen LogP contribution in [0.15, 0.2) is 66.7 Å². The van der Waals surface area contributed by atoms with E-state index in [-0.39, 0.29) is 56.3 Å². The number of urea groups is 1. The predicted octanol–water partition coefficient (Wildman–Crippen LogP) is 4.04. The van der Waals surface area contributed by atoms with Crippen LogP contribution in [0.5, 0.6) is 5.75 Å². The third-order valence-electron chi connectivity index (χ3n) is 8.70. The molecule has 3 N–H and O–H groups in total. The molecule has 0 radical (unpaired) electrons. The van der Waals surface area contributed by atoms with E-state index < -0.39 is 24.3 Å². The second kappa shape index (κ2) is 14.3. The SMILES string of the molecule is CC(C)N(C(=O)NCc1ccc(F)cc1)N1CC(=O)N2[C@@H](Cc3ccc(OC(=O)N(C)C)cc3)C(=O)N(Cc3cccc4sc(N)nc34)C[C@@H]21. The van der Waals surface area contributed by atoms with E-state index in [0.29, 0.717) is 16.4 Å². The molecule has 2 aliphatic heterocycles. The molecule has 13 nitrogen and oxygen atoms in total. The molecule has 2 aliphatic rings. The Balaban J connectivity index is 1.30. The van der Waals surface area contributed by atoms with Gasteiger partial charge in [-0.3, -0.25) is 14.6 Å². The number of ether oxygens (including phenoxy) is 1. The fourth-order valence-corrected chi connectivity index (χ4v) is 7.12. The Morgan fingerprint density at radius 2 is 1.76 bits per heavy atom. The molecule has 3 heterocycles. The second-order valence-electron chi connectivity index (χ2n) is 12.8. The van der Waals surface area contributed by atoms with Gasteiger partial charge in [-0.1, -0.05) is 47.7 Å². The van der Waals surface area contributed by atoms with Crippen molar-refractivity contribution in [3.05, 3.63) is 89.2 Å². The lowest BCUT2D eigenvalue weighted by Gasteiger charge is -2.47. The highest BCUT2D eigenvalue weighted by atomic mass is 32.1. The first-order chi connectivity index (χ1) is 23.9. The first kappa shape index (κ1) is 34.6. The first-order valence-corrected chi connectivity index (χ1v) is 17.0. The van der Waals surface area contributed by atoms with Crippen LogP contribution in [0, 0.1) is 5.82 Å². The van der Waals surface area contributed by atoms with Crippen LogP contribution in [-0.2, 0) is 29.1 Å². The van der Waals surface area contributed by atoms with Gasteiger partial charge in [0.2, 0.25) is 11.8 Å². The monoisotopic (exact) mass is 702 g/mol. The normalized spacial score (nSPS) is 17.7. The van der Waals surface area contributed by atoms with Crippen molar-refractivity contribution in [2.24, 2.45) is 0 Å². The van der Waals surface area contributed by atoms with E-state index in [0.717, 1.165) is 21.4 Å². The Morgan fingerprint density at radius 3 is 2.44 bits per heavy atom. The molecule has 0 spiro atoms. The molecule has 1 aromatic heterocycles. The van der Waals surface area contributed by atoms with Gasteiger partial charge in [0.1, 0.15) is 23.8 Å². The minimum absolute atomic E-state index is 0.109. The fourth-order valence-electron chi connectivity index (χ4n) is 6.34. The average molecular weight is 703 g/mol. The van der Waals surface area contributed by atoms with Crippen molar-refractivity contribution in [1.29, 1.82) is 0 Å². The molecule has 262 valence electrons. The average Bonchev–Trinajstić information content (AvgIpc) is 3.62. The standard InChI is InChI=1S/C35H39FN8O5S/c1-21(2)44(34(47)38-17-23-8-12-25(36)13-9-23)42-20-30(45)43-27(16-22-10-14-26(15-11-22)49-35(48)40(3)4)32(46)41(19-29(42)43)18-24-6-5-7-28-31(24)39-33(37)50-28/h5-15,21,27,29H,16-20H2,1-4H3,(H2,37,39)(H,38,47)/t27-,29+/m0/s1. The molecule has 2 atom stereocenters. The van der Waals surface area contributed by atoms with Gasteiger partial charge in [0.25, 0.3) is 0 Å². The Bertz CT molecular complexity index is 1900. The van der Waals surface area contributed by atoms with Crippen molar-refractivity contribution in [3.8, 4) is 5.75 Å². The fraction of sp³-hybridized carbons (Fsp3) is 0.343. The lowest BCUT2D eigenvalue weighted by molar-refractivity contribution is -0.158. The molecule has 4 aromatic rings.